The number of likely N-dealkylation sites (tertiary alicyclic amines) is 7. The number of thioether (sulfide) groups is 1. The number of rotatable bonds is 7. The second-order valence-corrected chi connectivity index (χ2v) is 32.7. The zero-order chi connectivity index (χ0) is 101. The van der Waals surface area contributed by atoms with Crippen LogP contribution in [-0.4, -0.2) is 374 Å². The molecule has 0 bridgehead atoms. The van der Waals surface area contributed by atoms with Gasteiger partial charge in [-0.2, -0.15) is 0 Å². The van der Waals surface area contributed by atoms with Gasteiger partial charge in [-0.1, -0.05) is 213 Å². The van der Waals surface area contributed by atoms with Gasteiger partial charge in [-0.15, -0.1) is 11.8 Å². The van der Waals surface area contributed by atoms with E-state index in [9.17, 15) is 33.6 Å². The average Bonchev–Trinajstić information content (AvgIpc) is 1.68. The molecular weight excluding hydrogens is 1650 g/mol. The van der Waals surface area contributed by atoms with Crippen molar-refractivity contribution in [1.82, 2.24) is 73.9 Å². The number of nitrogens with one attached hydrogen (secondary N) is 1. The van der Waals surface area contributed by atoms with E-state index in [1.165, 1.54) is 83.3 Å². The maximum Gasteiger partial charge on any atom is 0.289 e. The molecule has 25 heteroatoms. The van der Waals surface area contributed by atoms with Crippen molar-refractivity contribution in [3.05, 3.63) is 24.2 Å². The zero-order valence-electron chi connectivity index (χ0n) is 92.5. The Hall–Kier alpha value is -4.44. The van der Waals surface area contributed by atoms with Crippen molar-refractivity contribution in [2.75, 3.05) is 264 Å². The molecule has 0 aromatic carbocycles. The van der Waals surface area contributed by atoms with Crippen molar-refractivity contribution in [2.45, 2.75) is 322 Å². The monoisotopic (exact) mass is 1870 g/mol. The lowest BCUT2D eigenvalue weighted by Gasteiger charge is -2.35. The second-order valence-electron chi connectivity index (χ2n) is 31.6. The molecular formula is C105H221N15O9S. The summed E-state index contributed by atoms with van der Waals surface area (Å²) >= 11 is 1.87. The minimum atomic E-state index is 0.00287. The Balaban J connectivity index is -0.000000259. The molecule has 5 unspecified atom stereocenters. The lowest BCUT2D eigenvalue weighted by atomic mass is 9.88. The largest absolute Gasteiger partial charge is 0.459 e. The SMILES string of the molecule is CC.CC.CC.CC.CC.CC.CC.CC.CC.CC.CC.CC.CC.CC.CN1CCCC(C(=O)N2CCCC2)C1.CN1CCCC(C(=O)N2CCCCC2)C1.CN1CCCC(C(=O)N2CCNCC2)C1.CN1CCCC(C(=O)N2CCOCC2)C1.CN1CCCC(C(=O)N2CCSC2)C1.CN1CCN(C(=O)C2CCCCC2)CC1.CN1CCN(C(=O)c2ccco2)CC1. The molecule has 776 valence electrons. The number of carbonyl (C=O) groups excluding carboxylic acids is 7. The lowest BCUT2D eigenvalue weighted by molar-refractivity contribution is -0.141. The number of carbonyl (C=O) groups is 7. The van der Waals surface area contributed by atoms with Crippen LogP contribution in [0, 0.1) is 35.5 Å². The van der Waals surface area contributed by atoms with E-state index >= 15 is 0 Å². The van der Waals surface area contributed by atoms with Crippen LogP contribution < -0.4 is 5.32 Å². The Morgan fingerprint density at radius 2 is 0.531 bits per heavy atom. The number of ether oxygens (including phenoxy) is 1. The molecule has 0 radical (unpaired) electrons. The van der Waals surface area contributed by atoms with Crippen LogP contribution in [0.15, 0.2) is 22.8 Å². The van der Waals surface area contributed by atoms with E-state index in [2.05, 4.69) is 104 Å². The first-order valence-electron chi connectivity index (χ1n) is 54.1. The number of amides is 7. The van der Waals surface area contributed by atoms with Crippen LogP contribution in [0.3, 0.4) is 0 Å². The topological polar surface area (TPSA) is 199 Å². The van der Waals surface area contributed by atoms with E-state index in [4.69, 9.17) is 9.15 Å². The fourth-order valence-electron chi connectivity index (χ4n) is 16.6. The predicted molar refractivity (Wildman–Crippen MR) is 565 cm³/mol. The summed E-state index contributed by atoms with van der Waals surface area (Å²) in [6.07, 6.45) is 25.0. The zero-order valence-corrected chi connectivity index (χ0v) is 93.3. The van der Waals surface area contributed by atoms with Crippen molar-refractivity contribution >= 4 is 53.1 Å². The molecule has 12 aliphatic heterocycles. The number of morpholine rings is 1. The molecule has 13 heterocycles. The molecule has 7 amide bonds. The molecule has 14 rings (SSSR count). The normalized spacial score (nSPS) is 22.0. The van der Waals surface area contributed by atoms with Gasteiger partial charge >= 0.3 is 0 Å². The molecule has 1 aliphatic carbocycles. The van der Waals surface area contributed by atoms with Gasteiger partial charge in [0.15, 0.2) is 5.76 Å². The van der Waals surface area contributed by atoms with Gasteiger partial charge in [0.1, 0.15) is 0 Å². The van der Waals surface area contributed by atoms with Gasteiger partial charge in [0.25, 0.3) is 5.91 Å². The summed E-state index contributed by atoms with van der Waals surface area (Å²) in [5.41, 5.74) is 0. The van der Waals surface area contributed by atoms with E-state index in [1.54, 1.807) is 12.1 Å². The quantitative estimate of drug-likeness (QED) is 0.270. The smallest absolute Gasteiger partial charge is 0.289 e. The third kappa shape index (κ3) is 60.9. The fourth-order valence-corrected chi connectivity index (χ4v) is 17.6. The van der Waals surface area contributed by atoms with Crippen molar-refractivity contribution < 1.29 is 42.7 Å². The molecule has 5 atom stereocenters. The van der Waals surface area contributed by atoms with Gasteiger partial charge in [-0.25, -0.2) is 0 Å². The highest BCUT2D eigenvalue weighted by Crippen LogP contribution is 2.28. The highest BCUT2D eigenvalue weighted by atomic mass is 32.2. The molecule has 1 aromatic heterocycles. The van der Waals surface area contributed by atoms with E-state index in [1.807, 2.05) is 225 Å². The standard InChI is InChI=1S/2C12H22N2O.C11H21N3O.C11H20N2O2.C11H20N2O.C10H14N2O2.C10H18N2OS.14C2H6/c1-13-7-5-6-11(10-13)12(15)14-8-3-2-4-9-14;1-13-7-9-14(10-8-13)12(15)11-5-3-2-4-6-11;1-13-6-2-3-10(9-13)11(15)14-7-4-12-5-8-14;1-12-4-2-3-10(9-12)11(14)13-5-7-15-8-6-13;1-12-6-4-5-10(9-12)11(14)13-7-2-3-8-13;1-11-4-6-12(7-5-11)10(13)9-3-2-8-14-9;1-11-4-2-3-9(7-11)10(13)12-5-6-14-8-12;14*1-2/h2*11H,2-10H2,1H3;10,12H,2-9H2,1H3;10H,2-9H2,1H3;10H,2-9H2,1H3;2-3,8H,4-7H2,1H3;9H,2-8H2,1H3;14*1-2H3. The maximum absolute atomic E-state index is 12.2. The molecule has 1 saturated carbocycles. The number of piperidine rings is 6. The van der Waals surface area contributed by atoms with Crippen LogP contribution in [0.4, 0.5) is 0 Å². The van der Waals surface area contributed by atoms with Gasteiger partial charge < -0.3 is 83.1 Å². The molecule has 1 aromatic rings. The Bertz CT molecular complexity index is 2450. The number of nitrogens with zero attached hydrogens (tertiary/aromatic N) is 14. The fraction of sp³-hybridized carbons (Fsp3) is 0.895. The van der Waals surface area contributed by atoms with Crippen LogP contribution in [0.2, 0.25) is 0 Å². The maximum atomic E-state index is 12.2. The van der Waals surface area contributed by atoms with E-state index < -0.39 is 0 Å². The lowest BCUT2D eigenvalue weighted by Crippen LogP contribution is -2.50. The van der Waals surface area contributed by atoms with Crippen molar-refractivity contribution in [2.24, 2.45) is 35.5 Å². The predicted octanol–water partition coefficient (Wildman–Crippen LogP) is 19.5. The molecule has 13 aliphatic rings. The summed E-state index contributed by atoms with van der Waals surface area (Å²) < 4.78 is 10.3. The first kappa shape index (κ1) is 139. The van der Waals surface area contributed by atoms with Crippen LogP contribution >= 0.6 is 11.8 Å². The Kier molecular flexibility index (Phi) is 104. The molecule has 1 N–H and O–H groups in total. The number of hydrogen-bond donors (Lipinski definition) is 1. The molecule has 24 nitrogen and oxygen atoms in total. The molecule has 12 saturated heterocycles. The van der Waals surface area contributed by atoms with Gasteiger partial charge in [0.05, 0.1) is 54.9 Å². The van der Waals surface area contributed by atoms with Gasteiger partial charge in [0.2, 0.25) is 35.4 Å². The average molecular weight is 1870 g/mol. The first-order chi connectivity index (χ1) is 63.4. The Labute approximate surface area is 811 Å². The summed E-state index contributed by atoms with van der Waals surface area (Å²) in [6.45, 7) is 85.5. The van der Waals surface area contributed by atoms with E-state index in [-0.39, 0.29) is 35.5 Å². The summed E-state index contributed by atoms with van der Waals surface area (Å²) in [6, 6.07) is 3.45. The van der Waals surface area contributed by atoms with Crippen molar-refractivity contribution in [3.8, 4) is 0 Å². The minimum absolute atomic E-state index is 0.00287. The van der Waals surface area contributed by atoms with Crippen molar-refractivity contribution in [3.63, 3.8) is 0 Å². The third-order valence-electron chi connectivity index (χ3n) is 23.1. The Morgan fingerprint density at radius 1 is 0.269 bits per heavy atom. The van der Waals surface area contributed by atoms with Crippen LogP contribution in [-0.2, 0) is 33.5 Å². The summed E-state index contributed by atoms with van der Waals surface area (Å²) in [7, 11) is 14.7. The second kappa shape index (κ2) is 97.6. The number of furan rings is 1. The number of piperazine rings is 3. The van der Waals surface area contributed by atoms with Crippen LogP contribution in [0.25, 0.3) is 0 Å². The highest BCUT2D eigenvalue weighted by molar-refractivity contribution is 7.99. The molecule has 130 heavy (non-hydrogen) atoms. The van der Waals surface area contributed by atoms with Gasteiger partial charge in [-0.05, 0) is 203 Å². The Morgan fingerprint density at radius 3 is 0.823 bits per heavy atom. The van der Waals surface area contributed by atoms with Gasteiger partial charge in [0, 0.05) is 169 Å². The van der Waals surface area contributed by atoms with Gasteiger partial charge in [-0.3, -0.25) is 33.6 Å². The molecule has 0 spiro atoms. The van der Waals surface area contributed by atoms with Crippen LogP contribution in [0.1, 0.15) is 333 Å². The third-order valence-corrected chi connectivity index (χ3v) is 24.0. The number of likely N-dealkylation sites (N-methyl/N-ethyl adjacent to an activating group) is 2. The summed E-state index contributed by atoms with van der Waals surface area (Å²) in [5.74, 6) is 6.50. The number of hydrogen-bond acceptors (Lipinski definition) is 18. The van der Waals surface area contributed by atoms with Crippen molar-refractivity contribution in [1.29, 1.82) is 0 Å². The van der Waals surface area contributed by atoms with E-state index in [0.29, 0.717) is 60.3 Å². The van der Waals surface area contributed by atoms with E-state index in [0.717, 1.165) is 253 Å². The highest BCUT2D eigenvalue weighted by Gasteiger charge is 2.35. The minimum Gasteiger partial charge on any atom is -0.459 e. The first-order valence-corrected chi connectivity index (χ1v) is 55.3. The summed E-state index contributed by atoms with van der Waals surface area (Å²) in [4.78, 5) is 114. The van der Waals surface area contributed by atoms with Crippen LogP contribution in [0.5, 0.6) is 0 Å². The molecule has 13 fully saturated rings. The summed E-state index contributed by atoms with van der Waals surface area (Å²) in [5, 5.41) is 3.28.